The molecule has 3 N–H and O–H groups in total. The third kappa shape index (κ3) is 4.27. The van der Waals surface area contributed by atoms with E-state index in [1.807, 2.05) is 59.5 Å². The fourth-order valence-corrected chi connectivity index (χ4v) is 6.08. The standard InChI is InChI=1S/C28H28N4O4S/c1-37-23-8-4-6-19-21(16-32(26(19)23)15-17(33)14-31-9-11-36-12-10-31)25-24(27(34)30-28(25)35)20-13-29-22-7-3-2-5-18(20)22/h2-8,13,16-17,29,33H,9-12,14-15H2,1H3,(H,30,34,35). The highest BCUT2D eigenvalue weighted by Crippen LogP contribution is 2.40. The maximum atomic E-state index is 13.2. The monoisotopic (exact) mass is 516 g/mol. The molecule has 1 atom stereocenters. The molecule has 1 fully saturated rings. The van der Waals surface area contributed by atoms with E-state index in [4.69, 9.17) is 4.74 Å². The lowest BCUT2D eigenvalue weighted by molar-refractivity contribution is -0.122. The highest BCUT2D eigenvalue weighted by atomic mass is 32.2. The van der Waals surface area contributed by atoms with Crippen LogP contribution in [0.25, 0.3) is 33.0 Å². The fraction of sp³-hybridized carbons (Fsp3) is 0.286. The van der Waals surface area contributed by atoms with Gasteiger partial charge in [0.15, 0.2) is 0 Å². The quantitative estimate of drug-likeness (QED) is 0.258. The molecule has 2 amide bonds. The van der Waals surface area contributed by atoms with Gasteiger partial charge in [-0.05, 0) is 18.4 Å². The molecule has 6 rings (SSSR count). The molecular formula is C28H28N4O4S. The summed E-state index contributed by atoms with van der Waals surface area (Å²) in [6.07, 6.45) is 5.11. The molecular weight excluding hydrogens is 488 g/mol. The number of nitrogens with zero attached hydrogens (tertiary/aromatic N) is 2. The number of hydrogen-bond donors (Lipinski definition) is 3. The van der Waals surface area contributed by atoms with E-state index in [0.29, 0.717) is 48.6 Å². The highest BCUT2D eigenvalue weighted by Gasteiger charge is 2.35. The van der Waals surface area contributed by atoms with Gasteiger partial charge in [-0.25, -0.2) is 0 Å². The molecule has 2 aromatic carbocycles. The first kappa shape index (κ1) is 24.0. The lowest BCUT2D eigenvalue weighted by Crippen LogP contribution is -2.41. The molecule has 2 aliphatic heterocycles. The van der Waals surface area contributed by atoms with Gasteiger partial charge in [0.05, 0.1) is 36.0 Å². The van der Waals surface area contributed by atoms with Gasteiger partial charge in [-0.15, -0.1) is 11.8 Å². The lowest BCUT2D eigenvalue weighted by Gasteiger charge is -2.28. The van der Waals surface area contributed by atoms with Gasteiger partial charge in [-0.1, -0.05) is 30.3 Å². The first-order chi connectivity index (χ1) is 18.0. The van der Waals surface area contributed by atoms with Crippen molar-refractivity contribution in [1.82, 2.24) is 19.8 Å². The second-order valence-corrected chi connectivity index (χ2v) is 10.2. The molecule has 4 aromatic rings. The third-order valence-electron chi connectivity index (χ3n) is 7.12. The topological polar surface area (TPSA) is 99.6 Å². The van der Waals surface area contributed by atoms with E-state index in [1.54, 1.807) is 18.0 Å². The molecule has 0 spiro atoms. The number of ether oxygens (including phenoxy) is 1. The van der Waals surface area contributed by atoms with Crippen LogP contribution in [-0.4, -0.2) is 76.6 Å². The zero-order valence-electron chi connectivity index (χ0n) is 20.5. The first-order valence-corrected chi connectivity index (χ1v) is 13.6. The van der Waals surface area contributed by atoms with Crippen LogP contribution < -0.4 is 5.32 Å². The Bertz CT molecular complexity index is 1550. The maximum absolute atomic E-state index is 13.2. The van der Waals surface area contributed by atoms with Crippen molar-refractivity contribution in [3.63, 3.8) is 0 Å². The molecule has 2 aliphatic rings. The van der Waals surface area contributed by atoms with Gasteiger partial charge in [0.2, 0.25) is 0 Å². The van der Waals surface area contributed by atoms with Crippen LogP contribution in [0.4, 0.5) is 0 Å². The molecule has 0 aliphatic carbocycles. The average molecular weight is 517 g/mol. The number of hydrogen-bond acceptors (Lipinski definition) is 6. The number of rotatable bonds is 7. The molecule has 9 heteroatoms. The van der Waals surface area contributed by atoms with Crippen molar-refractivity contribution in [2.45, 2.75) is 17.5 Å². The van der Waals surface area contributed by atoms with Crippen LogP contribution in [-0.2, 0) is 20.9 Å². The Labute approximate surface area is 218 Å². The van der Waals surface area contributed by atoms with Crippen molar-refractivity contribution < 1.29 is 19.4 Å². The Morgan fingerprint density at radius 2 is 1.70 bits per heavy atom. The van der Waals surface area contributed by atoms with E-state index in [-0.39, 0.29) is 0 Å². The number of benzene rings is 2. The van der Waals surface area contributed by atoms with Gasteiger partial charge in [-0.2, -0.15) is 0 Å². The lowest BCUT2D eigenvalue weighted by atomic mass is 9.95. The van der Waals surface area contributed by atoms with E-state index in [1.165, 1.54) is 0 Å². The van der Waals surface area contributed by atoms with Crippen LogP contribution in [0.3, 0.4) is 0 Å². The summed E-state index contributed by atoms with van der Waals surface area (Å²) in [6.45, 7) is 3.86. The zero-order valence-corrected chi connectivity index (χ0v) is 21.3. The van der Waals surface area contributed by atoms with Crippen molar-refractivity contribution in [1.29, 1.82) is 0 Å². The van der Waals surface area contributed by atoms with Gasteiger partial charge in [0.1, 0.15) is 0 Å². The molecule has 190 valence electrons. The SMILES string of the molecule is CSc1cccc2c(C3=C(c4c[nH]c5ccccc45)C(=O)NC3=O)cn(CC(O)CN3CCOCC3)c12. The van der Waals surface area contributed by atoms with Crippen molar-refractivity contribution in [2.75, 3.05) is 39.1 Å². The number of amides is 2. The molecule has 2 aromatic heterocycles. The number of aromatic nitrogens is 2. The smallest absolute Gasteiger partial charge is 0.259 e. The van der Waals surface area contributed by atoms with Crippen molar-refractivity contribution in [3.8, 4) is 0 Å². The minimum atomic E-state index is -0.599. The summed E-state index contributed by atoms with van der Waals surface area (Å²) in [5.41, 5.74) is 3.96. The molecule has 0 bridgehead atoms. The number of β-amino-alcohol motifs (C(OH)–C–C–N with tert-alkyl or cyclic N) is 1. The number of carbonyl (C=O) groups excluding carboxylic acids is 2. The first-order valence-electron chi connectivity index (χ1n) is 12.4. The predicted molar refractivity (Wildman–Crippen MR) is 145 cm³/mol. The summed E-state index contributed by atoms with van der Waals surface area (Å²) in [7, 11) is 0. The van der Waals surface area contributed by atoms with Crippen LogP contribution in [0.15, 0.2) is 59.8 Å². The highest BCUT2D eigenvalue weighted by molar-refractivity contribution is 7.98. The number of carbonyl (C=O) groups is 2. The van der Waals surface area contributed by atoms with Gasteiger partial charge >= 0.3 is 0 Å². The normalized spacial score (nSPS) is 17.8. The Hall–Kier alpha value is -3.37. The maximum Gasteiger partial charge on any atom is 0.259 e. The molecule has 8 nitrogen and oxygen atoms in total. The summed E-state index contributed by atoms with van der Waals surface area (Å²) < 4.78 is 7.46. The number of aliphatic hydroxyl groups excluding tert-OH is 1. The van der Waals surface area contributed by atoms with E-state index in [9.17, 15) is 14.7 Å². The van der Waals surface area contributed by atoms with Crippen molar-refractivity contribution in [2.24, 2.45) is 0 Å². The Morgan fingerprint density at radius 1 is 0.973 bits per heavy atom. The number of fused-ring (bicyclic) bond motifs is 2. The molecule has 0 radical (unpaired) electrons. The Morgan fingerprint density at radius 3 is 2.49 bits per heavy atom. The summed E-state index contributed by atoms with van der Waals surface area (Å²) >= 11 is 1.61. The number of imide groups is 1. The van der Waals surface area contributed by atoms with Crippen molar-refractivity contribution in [3.05, 3.63) is 66.0 Å². The van der Waals surface area contributed by atoms with Gasteiger partial charge in [-0.3, -0.25) is 19.8 Å². The summed E-state index contributed by atoms with van der Waals surface area (Å²) in [5.74, 6) is -0.813. The van der Waals surface area contributed by atoms with Crippen LogP contribution in [0.2, 0.25) is 0 Å². The van der Waals surface area contributed by atoms with E-state index in [2.05, 4.69) is 15.2 Å². The van der Waals surface area contributed by atoms with Crippen LogP contribution in [0, 0.1) is 0 Å². The number of morpholine rings is 1. The minimum absolute atomic E-state index is 0.361. The van der Waals surface area contributed by atoms with Gasteiger partial charge < -0.3 is 19.4 Å². The van der Waals surface area contributed by atoms with Crippen LogP contribution in [0.5, 0.6) is 0 Å². The number of aromatic amines is 1. The Balaban J connectivity index is 1.48. The number of H-pyrrole nitrogens is 1. The van der Waals surface area contributed by atoms with Crippen LogP contribution in [0.1, 0.15) is 11.1 Å². The fourth-order valence-electron chi connectivity index (χ4n) is 5.45. The number of nitrogens with one attached hydrogen (secondary N) is 2. The van der Waals surface area contributed by atoms with Crippen molar-refractivity contribution >= 4 is 56.5 Å². The van der Waals surface area contributed by atoms with E-state index < -0.39 is 17.9 Å². The van der Waals surface area contributed by atoms with Gasteiger partial charge in [0, 0.05) is 70.9 Å². The molecule has 4 heterocycles. The number of aliphatic hydroxyl groups is 1. The minimum Gasteiger partial charge on any atom is -0.390 e. The number of thioether (sulfide) groups is 1. The summed E-state index contributed by atoms with van der Waals surface area (Å²) in [6, 6.07) is 13.7. The second kappa shape index (κ2) is 9.83. The second-order valence-electron chi connectivity index (χ2n) is 9.40. The molecule has 0 saturated carbocycles. The molecule has 37 heavy (non-hydrogen) atoms. The molecule has 1 unspecified atom stereocenters. The van der Waals surface area contributed by atoms with E-state index >= 15 is 0 Å². The summed E-state index contributed by atoms with van der Waals surface area (Å²) in [5, 5.41) is 15.3. The predicted octanol–water partition coefficient (Wildman–Crippen LogP) is 3.10. The van der Waals surface area contributed by atoms with E-state index in [0.717, 1.165) is 39.8 Å². The zero-order chi connectivity index (χ0) is 25.5. The average Bonchev–Trinajstić information content (AvgIpc) is 3.57. The third-order valence-corrected chi connectivity index (χ3v) is 7.89. The van der Waals surface area contributed by atoms with Crippen LogP contribution >= 0.6 is 11.8 Å². The number of para-hydroxylation sites is 2. The summed E-state index contributed by atoms with van der Waals surface area (Å²) in [4.78, 5) is 32.8. The largest absolute Gasteiger partial charge is 0.390 e. The van der Waals surface area contributed by atoms with Gasteiger partial charge in [0.25, 0.3) is 11.8 Å². The molecule has 1 saturated heterocycles. The Kier molecular flexibility index (Phi) is 6.37.